The van der Waals surface area contributed by atoms with Gasteiger partial charge in [0.25, 0.3) is 0 Å². The lowest BCUT2D eigenvalue weighted by Crippen LogP contribution is -2.49. The van der Waals surface area contributed by atoms with E-state index in [9.17, 15) is 9.59 Å². The maximum atomic E-state index is 12.8. The molecule has 128 valence electrons. The van der Waals surface area contributed by atoms with E-state index >= 15 is 0 Å². The number of nitrogens with one attached hydrogen (secondary N) is 1. The third-order valence-corrected chi connectivity index (χ3v) is 5.57. The molecule has 1 N–H and O–H groups in total. The van der Waals surface area contributed by atoms with E-state index in [0.717, 1.165) is 12.2 Å². The van der Waals surface area contributed by atoms with E-state index in [1.54, 1.807) is 25.1 Å². The molecule has 0 unspecified atom stereocenters. The molecule has 2 amide bonds. The molecule has 0 spiro atoms. The van der Waals surface area contributed by atoms with Crippen molar-refractivity contribution < 1.29 is 14.1 Å². The lowest BCUT2D eigenvalue weighted by atomic mass is 9.65. The van der Waals surface area contributed by atoms with Gasteiger partial charge in [0.2, 0.25) is 11.8 Å². The van der Waals surface area contributed by atoms with Crippen LogP contribution >= 0.6 is 0 Å². The number of rotatable bonds is 4. The van der Waals surface area contributed by atoms with E-state index in [1.807, 2.05) is 27.7 Å². The van der Waals surface area contributed by atoms with Crippen LogP contribution in [0.2, 0.25) is 0 Å². The van der Waals surface area contributed by atoms with Crippen molar-refractivity contribution in [2.24, 2.45) is 16.7 Å². The Bertz CT molecular complexity index is 606. The second-order valence-corrected chi connectivity index (χ2v) is 7.49. The molecule has 1 aromatic heterocycles. The minimum absolute atomic E-state index is 0.0304. The zero-order valence-corrected chi connectivity index (χ0v) is 14.9. The first-order chi connectivity index (χ1) is 10.6. The molecule has 0 saturated heterocycles. The largest absolute Gasteiger partial charge is 0.361 e. The Morgan fingerprint density at radius 3 is 2.57 bits per heavy atom. The van der Waals surface area contributed by atoms with E-state index in [-0.39, 0.29) is 17.7 Å². The third kappa shape index (κ3) is 2.99. The molecule has 23 heavy (non-hydrogen) atoms. The Morgan fingerprint density at radius 1 is 1.39 bits per heavy atom. The van der Waals surface area contributed by atoms with Gasteiger partial charge in [-0.3, -0.25) is 9.59 Å². The molecule has 1 aliphatic rings. The van der Waals surface area contributed by atoms with Gasteiger partial charge in [-0.05, 0) is 25.2 Å². The van der Waals surface area contributed by atoms with Crippen molar-refractivity contribution >= 4 is 11.8 Å². The summed E-state index contributed by atoms with van der Waals surface area (Å²) in [5.74, 6) is 0.650. The van der Waals surface area contributed by atoms with Gasteiger partial charge in [-0.2, -0.15) is 0 Å². The summed E-state index contributed by atoms with van der Waals surface area (Å²) in [6.07, 6.45) is 1.44. The summed E-state index contributed by atoms with van der Waals surface area (Å²) in [5.41, 5.74) is -0.281. The van der Waals surface area contributed by atoms with Crippen LogP contribution in [0.25, 0.3) is 0 Å². The minimum Gasteiger partial charge on any atom is -0.361 e. The summed E-state index contributed by atoms with van der Waals surface area (Å²) >= 11 is 0. The van der Waals surface area contributed by atoms with Gasteiger partial charge < -0.3 is 14.7 Å². The summed E-state index contributed by atoms with van der Waals surface area (Å²) in [5, 5.41) is 6.84. The van der Waals surface area contributed by atoms with Crippen molar-refractivity contribution in [3.05, 3.63) is 17.5 Å². The number of aryl methyl sites for hydroxylation is 1. The minimum atomic E-state index is -0.581. The lowest BCUT2D eigenvalue weighted by molar-refractivity contribution is -0.142. The number of carbonyl (C=O) groups is 2. The highest BCUT2D eigenvalue weighted by atomic mass is 16.5. The summed E-state index contributed by atoms with van der Waals surface area (Å²) in [7, 11) is 3.53. The van der Waals surface area contributed by atoms with Crippen molar-refractivity contribution in [3.63, 3.8) is 0 Å². The van der Waals surface area contributed by atoms with Crippen LogP contribution in [0.3, 0.4) is 0 Å². The second-order valence-electron chi connectivity index (χ2n) is 7.49. The average Bonchev–Trinajstić information content (AvgIpc) is 2.98. The van der Waals surface area contributed by atoms with Gasteiger partial charge in [0.05, 0.1) is 12.0 Å². The number of hydrogen-bond acceptors (Lipinski definition) is 4. The van der Waals surface area contributed by atoms with Crippen LogP contribution in [-0.4, -0.2) is 36.0 Å². The van der Waals surface area contributed by atoms with E-state index < -0.39 is 10.8 Å². The van der Waals surface area contributed by atoms with Crippen LogP contribution in [0, 0.1) is 23.7 Å². The monoisotopic (exact) mass is 321 g/mol. The van der Waals surface area contributed by atoms with Crippen LogP contribution in [0.4, 0.5) is 0 Å². The Balaban J connectivity index is 2.11. The number of aromatic nitrogens is 1. The van der Waals surface area contributed by atoms with Crippen molar-refractivity contribution in [1.29, 1.82) is 0 Å². The second kappa shape index (κ2) is 5.98. The summed E-state index contributed by atoms with van der Waals surface area (Å²) in [4.78, 5) is 26.9. The SMILES string of the molecule is Cc1cc(CNC(=O)[C@@]2(C)CC[C@@H](C(=O)N(C)C)C2(C)C)no1. The Kier molecular flexibility index (Phi) is 4.55. The van der Waals surface area contributed by atoms with Crippen LogP contribution < -0.4 is 5.32 Å². The number of nitrogens with zero attached hydrogens (tertiary/aromatic N) is 2. The van der Waals surface area contributed by atoms with Gasteiger partial charge in [-0.15, -0.1) is 0 Å². The Labute approximate surface area is 137 Å². The highest BCUT2D eigenvalue weighted by Gasteiger charge is 2.58. The molecule has 0 aromatic carbocycles. The molecule has 1 aliphatic carbocycles. The molecular weight excluding hydrogens is 294 g/mol. The van der Waals surface area contributed by atoms with E-state index in [2.05, 4.69) is 10.5 Å². The first kappa shape index (κ1) is 17.5. The quantitative estimate of drug-likeness (QED) is 0.922. The van der Waals surface area contributed by atoms with Crippen LogP contribution in [0.1, 0.15) is 45.1 Å². The number of hydrogen-bond donors (Lipinski definition) is 1. The maximum Gasteiger partial charge on any atom is 0.226 e. The summed E-state index contributed by atoms with van der Waals surface area (Å²) < 4.78 is 5.01. The smallest absolute Gasteiger partial charge is 0.226 e. The molecular formula is C17H27N3O3. The first-order valence-corrected chi connectivity index (χ1v) is 8.01. The fourth-order valence-corrected chi connectivity index (χ4v) is 3.52. The molecule has 1 heterocycles. The standard InChI is InChI=1S/C17H27N3O3/c1-11-9-12(19-23-11)10-18-15(22)17(4)8-7-13(16(17,2)3)14(21)20(5)6/h9,13H,7-8,10H2,1-6H3,(H,18,22)/t13-,17+/m0/s1. The highest BCUT2D eigenvalue weighted by molar-refractivity contribution is 5.87. The van der Waals surface area contributed by atoms with E-state index in [1.165, 1.54) is 0 Å². The predicted octanol–water partition coefficient (Wildman–Crippen LogP) is 2.13. The fraction of sp³-hybridized carbons (Fsp3) is 0.706. The lowest BCUT2D eigenvalue weighted by Gasteiger charge is -2.40. The molecule has 0 radical (unpaired) electrons. The molecule has 0 aliphatic heterocycles. The molecule has 0 bridgehead atoms. The predicted molar refractivity (Wildman–Crippen MR) is 86.4 cm³/mol. The van der Waals surface area contributed by atoms with Gasteiger partial charge in [0.15, 0.2) is 0 Å². The van der Waals surface area contributed by atoms with Crippen molar-refractivity contribution in [3.8, 4) is 0 Å². The van der Waals surface area contributed by atoms with Gasteiger partial charge in [-0.1, -0.05) is 25.9 Å². The van der Waals surface area contributed by atoms with Crippen LogP contribution in [-0.2, 0) is 16.1 Å². The topological polar surface area (TPSA) is 75.4 Å². The average molecular weight is 321 g/mol. The summed E-state index contributed by atoms with van der Waals surface area (Å²) in [6, 6.07) is 1.81. The molecule has 1 saturated carbocycles. The Hall–Kier alpha value is -1.85. The highest BCUT2D eigenvalue weighted by Crippen LogP contribution is 2.56. The van der Waals surface area contributed by atoms with Crippen LogP contribution in [0.5, 0.6) is 0 Å². The first-order valence-electron chi connectivity index (χ1n) is 8.01. The molecule has 1 aromatic rings. The zero-order valence-electron chi connectivity index (χ0n) is 14.9. The molecule has 1 fully saturated rings. The molecule has 6 nitrogen and oxygen atoms in total. The summed E-state index contributed by atoms with van der Waals surface area (Å²) in [6.45, 7) is 8.16. The molecule has 2 rings (SSSR count). The van der Waals surface area contributed by atoms with Crippen LogP contribution in [0.15, 0.2) is 10.6 Å². The maximum absolute atomic E-state index is 12.8. The Morgan fingerprint density at radius 2 is 2.04 bits per heavy atom. The third-order valence-electron chi connectivity index (χ3n) is 5.57. The molecule has 2 atom stereocenters. The van der Waals surface area contributed by atoms with Gasteiger partial charge in [0.1, 0.15) is 11.5 Å². The van der Waals surface area contributed by atoms with Crippen molar-refractivity contribution in [1.82, 2.24) is 15.4 Å². The number of amides is 2. The van der Waals surface area contributed by atoms with Crippen molar-refractivity contribution in [2.45, 2.75) is 47.1 Å². The van der Waals surface area contributed by atoms with Gasteiger partial charge >= 0.3 is 0 Å². The van der Waals surface area contributed by atoms with Gasteiger partial charge in [0, 0.05) is 26.1 Å². The fourth-order valence-electron chi connectivity index (χ4n) is 3.52. The van der Waals surface area contributed by atoms with Crippen molar-refractivity contribution in [2.75, 3.05) is 14.1 Å². The molecule has 6 heteroatoms. The van der Waals surface area contributed by atoms with Gasteiger partial charge in [-0.25, -0.2) is 0 Å². The van der Waals surface area contributed by atoms with E-state index in [0.29, 0.717) is 18.7 Å². The van der Waals surface area contributed by atoms with E-state index in [4.69, 9.17) is 4.52 Å². The zero-order chi connectivity index (χ0) is 17.4. The number of carbonyl (C=O) groups excluding carboxylic acids is 2. The normalized spacial score (nSPS) is 26.1.